The van der Waals surface area contributed by atoms with E-state index in [1.807, 2.05) is 6.92 Å². The van der Waals surface area contributed by atoms with Crippen LogP contribution >= 0.6 is 0 Å². The highest BCUT2D eigenvalue weighted by Gasteiger charge is 2.21. The van der Waals surface area contributed by atoms with Crippen LogP contribution in [-0.2, 0) is 0 Å². The standard InChI is InChI=1S/C7H14FN/c1-2-6(8)7-4-3-5-9-7/h6-7,9H,2-5H2,1H3/t6-,7-/m1/s1. The van der Waals surface area contributed by atoms with E-state index in [1.165, 1.54) is 0 Å². The number of nitrogens with one attached hydrogen (secondary N) is 1. The zero-order chi connectivity index (χ0) is 6.69. The summed E-state index contributed by atoms with van der Waals surface area (Å²) in [6, 6.07) is 0.162. The van der Waals surface area contributed by atoms with Crippen LogP contribution in [0.1, 0.15) is 26.2 Å². The number of alkyl halides is 1. The van der Waals surface area contributed by atoms with Gasteiger partial charge in [0.1, 0.15) is 6.17 Å². The van der Waals surface area contributed by atoms with E-state index in [2.05, 4.69) is 5.32 Å². The molecule has 0 radical (unpaired) electrons. The number of hydrogen-bond donors (Lipinski definition) is 1. The predicted octanol–water partition coefficient (Wildman–Crippen LogP) is 1.49. The topological polar surface area (TPSA) is 12.0 Å². The van der Waals surface area contributed by atoms with Gasteiger partial charge >= 0.3 is 0 Å². The lowest BCUT2D eigenvalue weighted by atomic mass is 10.1. The largest absolute Gasteiger partial charge is 0.311 e. The average molecular weight is 131 g/mol. The maximum absolute atomic E-state index is 12.8. The first-order chi connectivity index (χ1) is 4.34. The van der Waals surface area contributed by atoms with Crippen LogP contribution in [0.3, 0.4) is 0 Å². The molecule has 1 rings (SSSR count). The molecule has 0 aromatic rings. The van der Waals surface area contributed by atoms with Crippen molar-refractivity contribution in [2.24, 2.45) is 0 Å². The van der Waals surface area contributed by atoms with Gasteiger partial charge in [-0.1, -0.05) is 6.92 Å². The smallest absolute Gasteiger partial charge is 0.115 e. The van der Waals surface area contributed by atoms with E-state index in [1.54, 1.807) is 0 Å². The molecule has 54 valence electrons. The van der Waals surface area contributed by atoms with Crippen LogP contribution in [0.4, 0.5) is 4.39 Å². The molecule has 0 saturated carbocycles. The van der Waals surface area contributed by atoms with E-state index in [0.29, 0.717) is 6.42 Å². The van der Waals surface area contributed by atoms with Crippen molar-refractivity contribution in [3.8, 4) is 0 Å². The Balaban J connectivity index is 2.24. The van der Waals surface area contributed by atoms with Crippen molar-refractivity contribution in [3.63, 3.8) is 0 Å². The molecule has 0 unspecified atom stereocenters. The molecule has 1 aliphatic rings. The third-order valence-electron chi connectivity index (χ3n) is 1.93. The van der Waals surface area contributed by atoms with Gasteiger partial charge in [0.2, 0.25) is 0 Å². The molecule has 9 heavy (non-hydrogen) atoms. The van der Waals surface area contributed by atoms with Crippen molar-refractivity contribution in [3.05, 3.63) is 0 Å². The molecule has 2 atom stereocenters. The van der Waals surface area contributed by atoms with Crippen LogP contribution in [0.2, 0.25) is 0 Å². The second-order valence-electron chi connectivity index (χ2n) is 2.63. The molecule has 1 heterocycles. The van der Waals surface area contributed by atoms with Crippen molar-refractivity contribution in [1.29, 1.82) is 0 Å². The van der Waals surface area contributed by atoms with Crippen molar-refractivity contribution < 1.29 is 4.39 Å². The normalized spacial score (nSPS) is 30.7. The summed E-state index contributed by atoms with van der Waals surface area (Å²) in [5.41, 5.74) is 0. The quantitative estimate of drug-likeness (QED) is 0.598. The van der Waals surface area contributed by atoms with E-state index < -0.39 is 6.17 Å². The third kappa shape index (κ3) is 1.65. The summed E-state index contributed by atoms with van der Waals surface area (Å²) in [4.78, 5) is 0. The average Bonchev–Trinajstić information content (AvgIpc) is 2.37. The lowest BCUT2D eigenvalue weighted by molar-refractivity contribution is 0.258. The van der Waals surface area contributed by atoms with Gasteiger partial charge in [-0.2, -0.15) is 0 Å². The van der Waals surface area contributed by atoms with Gasteiger partial charge < -0.3 is 5.32 Å². The summed E-state index contributed by atoms with van der Waals surface area (Å²) in [6.07, 6.45) is 2.20. The Kier molecular flexibility index (Phi) is 2.46. The fraction of sp³-hybridized carbons (Fsp3) is 1.00. The maximum Gasteiger partial charge on any atom is 0.115 e. The Morgan fingerprint density at radius 2 is 2.56 bits per heavy atom. The first-order valence-electron chi connectivity index (χ1n) is 3.72. The van der Waals surface area contributed by atoms with Crippen LogP contribution < -0.4 is 5.32 Å². The molecular formula is C7H14FN. The van der Waals surface area contributed by atoms with E-state index in [9.17, 15) is 4.39 Å². The molecule has 0 amide bonds. The SMILES string of the molecule is CC[C@@H](F)[C@H]1CCCN1. The zero-order valence-electron chi connectivity index (χ0n) is 5.86. The van der Waals surface area contributed by atoms with Gasteiger partial charge in [-0.05, 0) is 25.8 Å². The van der Waals surface area contributed by atoms with E-state index >= 15 is 0 Å². The minimum Gasteiger partial charge on any atom is -0.311 e. The summed E-state index contributed by atoms with van der Waals surface area (Å²) in [6.45, 7) is 2.90. The maximum atomic E-state index is 12.8. The number of hydrogen-bond acceptors (Lipinski definition) is 1. The molecule has 1 nitrogen and oxygen atoms in total. The minimum atomic E-state index is -0.618. The summed E-state index contributed by atoms with van der Waals surface area (Å²) in [7, 11) is 0. The Hall–Kier alpha value is -0.110. The predicted molar refractivity (Wildman–Crippen MR) is 36.2 cm³/mol. The second kappa shape index (κ2) is 3.16. The lowest BCUT2D eigenvalue weighted by Gasteiger charge is -2.12. The highest BCUT2D eigenvalue weighted by Crippen LogP contribution is 2.13. The molecule has 1 N–H and O–H groups in total. The number of halogens is 1. The first kappa shape index (κ1) is 7.00. The van der Waals surface area contributed by atoms with Crippen LogP contribution in [0.25, 0.3) is 0 Å². The van der Waals surface area contributed by atoms with Crippen LogP contribution in [0.5, 0.6) is 0 Å². The Bertz CT molecular complexity index is 79.0. The van der Waals surface area contributed by atoms with Crippen molar-refractivity contribution in [2.45, 2.75) is 38.4 Å². The van der Waals surface area contributed by atoms with E-state index in [0.717, 1.165) is 19.4 Å². The van der Waals surface area contributed by atoms with Crippen LogP contribution in [-0.4, -0.2) is 18.8 Å². The van der Waals surface area contributed by atoms with Gasteiger partial charge in [-0.15, -0.1) is 0 Å². The van der Waals surface area contributed by atoms with Crippen molar-refractivity contribution in [2.75, 3.05) is 6.54 Å². The molecular weight excluding hydrogens is 117 g/mol. The van der Waals surface area contributed by atoms with Crippen molar-refractivity contribution >= 4 is 0 Å². The van der Waals surface area contributed by atoms with E-state index in [-0.39, 0.29) is 6.04 Å². The molecule has 0 aromatic heterocycles. The van der Waals surface area contributed by atoms with Gasteiger partial charge in [0, 0.05) is 6.04 Å². The van der Waals surface area contributed by atoms with Crippen LogP contribution in [0, 0.1) is 0 Å². The van der Waals surface area contributed by atoms with Gasteiger partial charge in [-0.25, -0.2) is 4.39 Å². The van der Waals surface area contributed by atoms with Gasteiger partial charge in [-0.3, -0.25) is 0 Å². The van der Waals surface area contributed by atoms with Crippen molar-refractivity contribution in [1.82, 2.24) is 5.32 Å². The molecule has 0 aliphatic carbocycles. The molecule has 1 saturated heterocycles. The Labute approximate surface area is 55.6 Å². The highest BCUT2D eigenvalue weighted by atomic mass is 19.1. The van der Waals surface area contributed by atoms with Gasteiger partial charge in [0.05, 0.1) is 0 Å². The van der Waals surface area contributed by atoms with Crippen LogP contribution in [0.15, 0.2) is 0 Å². The zero-order valence-corrected chi connectivity index (χ0v) is 5.86. The van der Waals surface area contributed by atoms with E-state index in [4.69, 9.17) is 0 Å². The Morgan fingerprint density at radius 3 is 3.00 bits per heavy atom. The molecule has 2 heteroatoms. The summed E-state index contributed by atoms with van der Waals surface area (Å²) >= 11 is 0. The lowest BCUT2D eigenvalue weighted by Crippen LogP contribution is -2.31. The fourth-order valence-corrected chi connectivity index (χ4v) is 1.30. The third-order valence-corrected chi connectivity index (χ3v) is 1.93. The molecule has 1 aliphatic heterocycles. The number of rotatable bonds is 2. The summed E-state index contributed by atoms with van der Waals surface area (Å²) < 4.78 is 12.8. The van der Waals surface area contributed by atoms with Gasteiger partial charge in [0.25, 0.3) is 0 Å². The molecule has 1 fully saturated rings. The monoisotopic (exact) mass is 131 g/mol. The minimum absolute atomic E-state index is 0.162. The Morgan fingerprint density at radius 1 is 1.78 bits per heavy atom. The highest BCUT2D eigenvalue weighted by molar-refractivity contribution is 4.80. The fourth-order valence-electron chi connectivity index (χ4n) is 1.30. The first-order valence-corrected chi connectivity index (χ1v) is 3.72. The van der Waals surface area contributed by atoms with Gasteiger partial charge in [0.15, 0.2) is 0 Å². The molecule has 0 spiro atoms. The molecule has 0 bridgehead atoms. The second-order valence-corrected chi connectivity index (χ2v) is 2.63. The molecule has 0 aromatic carbocycles. The summed E-state index contributed by atoms with van der Waals surface area (Å²) in [5.74, 6) is 0. The summed E-state index contributed by atoms with van der Waals surface area (Å²) in [5, 5.41) is 3.13.